The van der Waals surface area contributed by atoms with Crippen LogP contribution in [-0.4, -0.2) is 39.0 Å². The maximum absolute atomic E-state index is 12.7. The Morgan fingerprint density at radius 2 is 1.94 bits per heavy atom. The van der Waals surface area contributed by atoms with E-state index < -0.39 is 24.3 Å². The van der Waals surface area contributed by atoms with E-state index in [1.54, 1.807) is 32.0 Å². The first kappa shape index (κ1) is 26.5. The number of hydrogen-bond acceptors (Lipinski definition) is 5. The molecule has 0 aliphatic carbocycles. The molecule has 0 atom stereocenters. The minimum atomic E-state index is -4.48. The van der Waals surface area contributed by atoms with Crippen molar-refractivity contribution in [3.63, 3.8) is 0 Å². The van der Waals surface area contributed by atoms with Crippen LogP contribution in [0.3, 0.4) is 0 Å². The molecule has 10 heteroatoms. The standard InChI is InChI=1S/C20H20F3N3O4.C2H6/c1-4-14(20(21,22)23)6-5-12(2)19-24-17(25-26-19)10-29-15-7-8-16(13(3)9-15)30-11-18(27)28;1-2/h4-9H,1,10-11H2,2-3H3,(H,27,28)(H,24,25,26);1-2H3/b12-5+,14-6+;. The topological polar surface area (TPSA) is 97.3 Å². The molecule has 0 saturated heterocycles. The molecule has 0 saturated carbocycles. The lowest BCUT2D eigenvalue weighted by atomic mass is 10.2. The van der Waals surface area contributed by atoms with Crippen molar-refractivity contribution in [1.29, 1.82) is 0 Å². The Kier molecular flexibility index (Phi) is 10.2. The van der Waals surface area contributed by atoms with Gasteiger partial charge in [0.05, 0.1) is 5.57 Å². The number of aromatic amines is 1. The number of aromatic nitrogens is 3. The fourth-order valence-electron chi connectivity index (χ4n) is 2.27. The van der Waals surface area contributed by atoms with Gasteiger partial charge in [-0.05, 0) is 49.3 Å². The molecule has 7 nitrogen and oxygen atoms in total. The number of nitrogens with one attached hydrogen (secondary N) is 1. The van der Waals surface area contributed by atoms with E-state index in [0.29, 0.717) is 28.5 Å². The van der Waals surface area contributed by atoms with E-state index >= 15 is 0 Å². The average Bonchev–Trinajstić information content (AvgIpc) is 3.21. The molecule has 0 unspecified atom stereocenters. The van der Waals surface area contributed by atoms with Crippen molar-refractivity contribution in [2.75, 3.05) is 6.61 Å². The largest absolute Gasteiger partial charge is 0.486 e. The van der Waals surface area contributed by atoms with Gasteiger partial charge in [0.25, 0.3) is 0 Å². The minimum Gasteiger partial charge on any atom is -0.486 e. The third-order valence-electron chi connectivity index (χ3n) is 3.82. The van der Waals surface area contributed by atoms with Gasteiger partial charge in [-0.25, -0.2) is 9.78 Å². The predicted molar refractivity (Wildman–Crippen MR) is 114 cm³/mol. The molecule has 2 N–H and O–H groups in total. The number of H-pyrrole nitrogens is 1. The molecule has 32 heavy (non-hydrogen) atoms. The molecular weight excluding hydrogens is 427 g/mol. The lowest BCUT2D eigenvalue weighted by Gasteiger charge is -2.09. The molecule has 0 aliphatic rings. The second-order valence-corrected chi connectivity index (χ2v) is 6.18. The molecule has 2 aromatic rings. The quantitative estimate of drug-likeness (QED) is 0.503. The molecule has 0 spiro atoms. The number of carboxylic acid groups (broad SMARTS) is 1. The van der Waals surface area contributed by atoms with Gasteiger partial charge in [0.2, 0.25) is 0 Å². The van der Waals surface area contributed by atoms with Crippen molar-refractivity contribution in [2.45, 2.75) is 40.5 Å². The molecule has 0 radical (unpaired) electrons. The van der Waals surface area contributed by atoms with Crippen LogP contribution in [0.5, 0.6) is 11.5 Å². The number of halogens is 3. The fraction of sp³-hybridized carbons (Fsp3) is 0.318. The molecule has 1 aromatic heterocycles. The van der Waals surface area contributed by atoms with Gasteiger partial charge in [0.1, 0.15) is 18.1 Å². The van der Waals surface area contributed by atoms with Gasteiger partial charge in [0, 0.05) is 0 Å². The lowest BCUT2D eigenvalue weighted by molar-refractivity contribution is -0.139. The second-order valence-electron chi connectivity index (χ2n) is 6.18. The van der Waals surface area contributed by atoms with Crippen LogP contribution in [0.1, 0.15) is 38.0 Å². The molecular formula is C22H26F3N3O4. The Hall–Kier alpha value is -3.56. The number of ether oxygens (including phenoxy) is 2. The van der Waals surface area contributed by atoms with E-state index in [1.807, 2.05) is 13.8 Å². The van der Waals surface area contributed by atoms with Crippen molar-refractivity contribution >= 4 is 11.5 Å². The monoisotopic (exact) mass is 453 g/mol. The number of carbonyl (C=O) groups is 1. The minimum absolute atomic E-state index is 0.0470. The second kappa shape index (κ2) is 12.3. The zero-order chi connectivity index (χ0) is 24.3. The Morgan fingerprint density at radius 1 is 1.25 bits per heavy atom. The Labute approximate surface area is 184 Å². The third-order valence-corrected chi connectivity index (χ3v) is 3.82. The highest BCUT2D eigenvalue weighted by Crippen LogP contribution is 2.27. The number of aryl methyl sites for hydroxylation is 1. The van der Waals surface area contributed by atoms with Crippen LogP contribution in [-0.2, 0) is 11.4 Å². The van der Waals surface area contributed by atoms with Gasteiger partial charge < -0.3 is 14.6 Å². The first-order valence-electron chi connectivity index (χ1n) is 9.68. The van der Waals surface area contributed by atoms with E-state index in [0.717, 1.165) is 12.2 Å². The van der Waals surface area contributed by atoms with Crippen LogP contribution in [0.2, 0.25) is 0 Å². The van der Waals surface area contributed by atoms with Gasteiger partial charge >= 0.3 is 12.1 Å². The third kappa shape index (κ3) is 8.29. The van der Waals surface area contributed by atoms with Crippen LogP contribution in [0.4, 0.5) is 13.2 Å². The number of aliphatic carboxylic acids is 1. The van der Waals surface area contributed by atoms with Gasteiger partial charge in [-0.1, -0.05) is 32.6 Å². The molecule has 0 bridgehead atoms. The summed E-state index contributed by atoms with van der Waals surface area (Å²) in [5.74, 6) is 0.478. The molecule has 1 aromatic carbocycles. The summed E-state index contributed by atoms with van der Waals surface area (Å²) in [4.78, 5) is 14.8. The molecule has 0 fully saturated rings. The summed E-state index contributed by atoms with van der Waals surface area (Å²) in [6.45, 7) is 10.1. The Morgan fingerprint density at radius 3 is 2.50 bits per heavy atom. The van der Waals surface area contributed by atoms with Gasteiger partial charge in [-0.2, -0.15) is 18.3 Å². The van der Waals surface area contributed by atoms with Crippen LogP contribution in [0.25, 0.3) is 5.57 Å². The van der Waals surface area contributed by atoms with Crippen molar-refractivity contribution < 1.29 is 32.5 Å². The smallest absolute Gasteiger partial charge is 0.416 e. The predicted octanol–water partition coefficient (Wildman–Crippen LogP) is 5.26. The first-order valence-corrected chi connectivity index (χ1v) is 9.68. The zero-order valence-corrected chi connectivity index (χ0v) is 18.3. The summed E-state index contributed by atoms with van der Waals surface area (Å²) < 4.78 is 48.9. The summed E-state index contributed by atoms with van der Waals surface area (Å²) in [6.07, 6.45) is -1.58. The molecule has 0 amide bonds. The lowest BCUT2D eigenvalue weighted by Crippen LogP contribution is -2.10. The molecule has 1 heterocycles. The highest BCUT2D eigenvalue weighted by Gasteiger charge is 2.30. The maximum Gasteiger partial charge on any atom is 0.416 e. The summed E-state index contributed by atoms with van der Waals surface area (Å²) in [7, 11) is 0. The van der Waals surface area contributed by atoms with E-state index in [2.05, 4.69) is 21.8 Å². The highest BCUT2D eigenvalue weighted by molar-refractivity contribution is 5.68. The molecule has 0 aliphatic heterocycles. The van der Waals surface area contributed by atoms with Gasteiger partial charge in [-0.15, -0.1) is 0 Å². The van der Waals surface area contributed by atoms with Crippen molar-refractivity contribution in [2.24, 2.45) is 0 Å². The average molecular weight is 453 g/mol. The number of benzene rings is 1. The van der Waals surface area contributed by atoms with Crippen molar-refractivity contribution in [1.82, 2.24) is 15.2 Å². The fourth-order valence-corrected chi connectivity index (χ4v) is 2.27. The van der Waals surface area contributed by atoms with E-state index in [-0.39, 0.29) is 12.4 Å². The first-order chi connectivity index (χ1) is 15.1. The number of carboxylic acids is 1. The van der Waals surface area contributed by atoms with Crippen LogP contribution in [0.15, 0.2) is 48.6 Å². The van der Waals surface area contributed by atoms with Gasteiger partial charge in [0.15, 0.2) is 18.3 Å². The summed E-state index contributed by atoms with van der Waals surface area (Å²) in [5, 5.41) is 15.3. The maximum atomic E-state index is 12.7. The van der Waals surface area contributed by atoms with E-state index in [9.17, 15) is 18.0 Å². The number of rotatable bonds is 9. The summed E-state index contributed by atoms with van der Waals surface area (Å²) in [5.41, 5.74) is 0.254. The van der Waals surface area contributed by atoms with Crippen LogP contribution >= 0.6 is 0 Å². The van der Waals surface area contributed by atoms with E-state index in [4.69, 9.17) is 14.6 Å². The van der Waals surface area contributed by atoms with Crippen LogP contribution in [0, 0.1) is 6.92 Å². The Balaban J connectivity index is 0.00000249. The normalized spacial score (nSPS) is 12.0. The highest BCUT2D eigenvalue weighted by atomic mass is 19.4. The zero-order valence-electron chi connectivity index (χ0n) is 18.3. The van der Waals surface area contributed by atoms with Gasteiger partial charge in [-0.3, -0.25) is 5.10 Å². The summed E-state index contributed by atoms with van der Waals surface area (Å²) in [6, 6.07) is 4.89. The Bertz CT molecular complexity index is 979. The summed E-state index contributed by atoms with van der Waals surface area (Å²) >= 11 is 0. The number of allylic oxidation sites excluding steroid dienone is 5. The molecule has 174 valence electrons. The van der Waals surface area contributed by atoms with Crippen molar-refractivity contribution in [3.05, 3.63) is 65.8 Å². The SMILES string of the molecule is C=C/C(=C\C=C(/C)c1n[nH]c(COc2ccc(OCC(=O)O)c(C)c2)n1)C(F)(F)F.CC. The van der Waals surface area contributed by atoms with E-state index in [1.165, 1.54) is 6.08 Å². The number of nitrogens with zero attached hydrogens (tertiary/aromatic N) is 2. The van der Waals surface area contributed by atoms with Crippen molar-refractivity contribution in [3.8, 4) is 11.5 Å². The number of alkyl halides is 3. The molecule has 2 rings (SSSR count). The number of hydrogen-bond donors (Lipinski definition) is 2. The van der Waals surface area contributed by atoms with Crippen LogP contribution < -0.4 is 9.47 Å².